The summed E-state index contributed by atoms with van der Waals surface area (Å²) in [7, 11) is 0. The lowest BCUT2D eigenvalue weighted by molar-refractivity contribution is -0.120. The summed E-state index contributed by atoms with van der Waals surface area (Å²) in [5.41, 5.74) is 4.98. The van der Waals surface area contributed by atoms with Crippen molar-refractivity contribution in [3.63, 3.8) is 0 Å². The van der Waals surface area contributed by atoms with Gasteiger partial charge in [-0.3, -0.25) is 9.59 Å². The number of rotatable bonds is 3. The van der Waals surface area contributed by atoms with Crippen LogP contribution >= 0.6 is 34.8 Å². The first-order valence-corrected chi connectivity index (χ1v) is 5.13. The number of hydrogen-bond donors (Lipinski definition) is 2. The Bertz CT molecular complexity index is 425. The molecule has 3 N–H and O–H groups in total. The molecule has 16 heavy (non-hydrogen) atoms. The number of carbonyl (C=O) groups excluding carboxylic acids is 2. The minimum Gasteiger partial charge on any atom is -0.369 e. The van der Waals surface area contributed by atoms with E-state index in [1.54, 1.807) is 0 Å². The topological polar surface area (TPSA) is 72.2 Å². The van der Waals surface area contributed by atoms with Gasteiger partial charge in [0, 0.05) is 5.02 Å². The molecule has 0 fully saturated rings. The number of nitrogens with one attached hydrogen (secondary N) is 1. The summed E-state index contributed by atoms with van der Waals surface area (Å²) in [5.74, 6) is -1.57. The van der Waals surface area contributed by atoms with E-state index in [0.717, 1.165) is 0 Å². The van der Waals surface area contributed by atoms with Crippen LogP contribution in [0.4, 0.5) is 5.69 Å². The molecule has 0 heterocycles. The van der Waals surface area contributed by atoms with E-state index in [4.69, 9.17) is 40.5 Å². The Hall–Kier alpha value is -0.970. The fourth-order valence-corrected chi connectivity index (χ4v) is 1.86. The van der Waals surface area contributed by atoms with Gasteiger partial charge in [-0.1, -0.05) is 34.8 Å². The van der Waals surface area contributed by atoms with Crippen LogP contribution in [0.25, 0.3) is 0 Å². The van der Waals surface area contributed by atoms with Gasteiger partial charge in [0.1, 0.15) is 6.42 Å². The van der Waals surface area contributed by atoms with E-state index < -0.39 is 11.8 Å². The van der Waals surface area contributed by atoms with Crippen LogP contribution < -0.4 is 11.1 Å². The second kappa shape index (κ2) is 5.39. The summed E-state index contributed by atoms with van der Waals surface area (Å²) in [4.78, 5) is 21.6. The highest BCUT2D eigenvalue weighted by Gasteiger charge is 2.13. The standard InChI is InChI=1S/C9H6Cl3N2O2/c10-4-1-5(11)9(6(12)2-4)14-8(16)3-7(13)15/h1-3H,(H2,13,15)(H,14,16). The van der Waals surface area contributed by atoms with Crippen molar-refractivity contribution in [1.82, 2.24) is 0 Å². The Morgan fingerprint density at radius 1 is 1.19 bits per heavy atom. The van der Waals surface area contributed by atoms with Crippen LogP contribution in [-0.4, -0.2) is 11.8 Å². The molecular weight excluding hydrogens is 274 g/mol. The second-order valence-electron chi connectivity index (χ2n) is 2.78. The van der Waals surface area contributed by atoms with E-state index in [-0.39, 0.29) is 15.7 Å². The summed E-state index contributed by atoms with van der Waals surface area (Å²) >= 11 is 17.3. The lowest BCUT2D eigenvalue weighted by atomic mass is 10.3. The molecule has 0 saturated carbocycles. The molecule has 1 aromatic carbocycles. The zero-order valence-corrected chi connectivity index (χ0v) is 10.0. The minimum absolute atomic E-state index is 0.170. The number of benzene rings is 1. The summed E-state index contributed by atoms with van der Waals surface area (Å²) in [6.45, 7) is 0. The van der Waals surface area contributed by atoms with Gasteiger partial charge >= 0.3 is 0 Å². The van der Waals surface area contributed by atoms with Gasteiger partial charge in [-0.15, -0.1) is 0 Å². The van der Waals surface area contributed by atoms with Gasteiger partial charge < -0.3 is 11.1 Å². The molecular formula is C9H6Cl3N2O2. The molecule has 0 aliphatic carbocycles. The van der Waals surface area contributed by atoms with E-state index in [0.29, 0.717) is 11.4 Å². The Morgan fingerprint density at radius 2 is 1.69 bits per heavy atom. The maximum Gasteiger partial charge on any atom is 0.238 e. The van der Waals surface area contributed by atoms with Crippen molar-refractivity contribution in [3.05, 3.63) is 33.6 Å². The van der Waals surface area contributed by atoms with Crippen molar-refractivity contribution in [3.8, 4) is 0 Å². The molecule has 0 atom stereocenters. The zero-order chi connectivity index (χ0) is 12.3. The van der Waals surface area contributed by atoms with E-state index >= 15 is 0 Å². The van der Waals surface area contributed by atoms with Gasteiger partial charge in [0.25, 0.3) is 0 Å². The molecule has 0 aromatic heterocycles. The number of hydrogen-bond acceptors (Lipinski definition) is 2. The van der Waals surface area contributed by atoms with Crippen LogP contribution in [0.2, 0.25) is 15.1 Å². The summed E-state index contributed by atoms with van der Waals surface area (Å²) in [6.07, 6.45) is 0.682. The summed E-state index contributed by atoms with van der Waals surface area (Å²) in [5, 5.41) is 3.00. The van der Waals surface area contributed by atoms with Gasteiger partial charge in [0.2, 0.25) is 11.8 Å². The predicted molar refractivity (Wildman–Crippen MR) is 63.6 cm³/mol. The van der Waals surface area contributed by atoms with Gasteiger partial charge in [-0.2, -0.15) is 0 Å². The highest BCUT2D eigenvalue weighted by molar-refractivity contribution is 6.42. The largest absolute Gasteiger partial charge is 0.369 e. The fraction of sp³-hybridized carbons (Fsp3) is 0. The molecule has 1 aromatic rings. The predicted octanol–water partition coefficient (Wildman–Crippen LogP) is 2.27. The monoisotopic (exact) mass is 279 g/mol. The molecule has 0 unspecified atom stereocenters. The lowest BCUT2D eigenvalue weighted by Crippen LogP contribution is -2.22. The molecule has 1 radical (unpaired) electrons. The fourth-order valence-electron chi connectivity index (χ4n) is 0.950. The van der Waals surface area contributed by atoms with E-state index in [1.807, 2.05) is 0 Å². The number of carbonyl (C=O) groups is 2. The smallest absolute Gasteiger partial charge is 0.238 e. The van der Waals surface area contributed by atoms with Gasteiger partial charge in [-0.25, -0.2) is 0 Å². The molecule has 4 nitrogen and oxygen atoms in total. The number of nitrogens with two attached hydrogens (primary N) is 1. The van der Waals surface area contributed by atoms with Crippen LogP contribution in [0, 0.1) is 6.42 Å². The number of amides is 2. The first-order chi connectivity index (χ1) is 7.40. The molecule has 2 amide bonds. The third kappa shape index (κ3) is 3.56. The molecule has 7 heteroatoms. The Balaban J connectivity index is 2.89. The van der Waals surface area contributed by atoms with Gasteiger partial charge in [0.05, 0.1) is 15.7 Å². The van der Waals surface area contributed by atoms with E-state index in [9.17, 15) is 9.59 Å². The normalized spacial score (nSPS) is 9.94. The summed E-state index contributed by atoms with van der Waals surface area (Å²) in [6, 6.07) is 2.82. The molecule has 1 rings (SSSR count). The molecule has 0 aliphatic heterocycles. The van der Waals surface area contributed by atoms with Crippen LogP contribution in [0.3, 0.4) is 0 Å². The Kier molecular flexibility index (Phi) is 4.41. The minimum atomic E-state index is -0.862. The first-order valence-electron chi connectivity index (χ1n) is 4.00. The molecule has 85 valence electrons. The average Bonchev–Trinajstić information content (AvgIpc) is 2.09. The molecule has 0 bridgehead atoms. The highest BCUT2D eigenvalue weighted by atomic mass is 35.5. The number of halogens is 3. The van der Waals surface area contributed by atoms with Crippen LogP contribution in [0.15, 0.2) is 12.1 Å². The Labute approximate surface area is 107 Å². The third-order valence-electron chi connectivity index (χ3n) is 1.53. The Morgan fingerprint density at radius 3 is 2.12 bits per heavy atom. The quantitative estimate of drug-likeness (QED) is 0.834. The number of anilines is 1. The maximum atomic E-state index is 11.2. The molecule has 0 aliphatic rings. The molecule has 0 spiro atoms. The van der Waals surface area contributed by atoms with Gasteiger partial charge in [0.15, 0.2) is 0 Å². The van der Waals surface area contributed by atoms with Crippen LogP contribution in [0.1, 0.15) is 0 Å². The summed E-state index contributed by atoms with van der Waals surface area (Å²) < 4.78 is 0. The zero-order valence-electron chi connectivity index (χ0n) is 7.76. The van der Waals surface area contributed by atoms with Crippen molar-refractivity contribution in [2.75, 3.05) is 5.32 Å². The second-order valence-corrected chi connectivity index (χ2v) is 4.03. The van der Waals surface area contributed by atoms with Crippen molar-refractivity contribution in [1.29, 1.82) is 0 Å². The van der Waals surface area contributed by atoms with Crippen molar-refractivity contribution < 1.29 is 9.59 Å². The van der Waals surface area contributed by atoms with Crippen molar-refractivity contribution in [2.45, 2.75) is 0 Å². The van der Waals surface area contributed by atoms with Crippen molar-refractivity contribution in [2.24, 2.45) is 5.73 Å². The first kappa shape index (κ1) is 13.1. The van der Waals surface area contributed by atoms with Crippen molar-refractivity contribution >= 4 is 52.3 Å². The number of primary amides is 1. The highest BCUT2D eigenvalue weighted by Crippen LogP contribution is 2.33. The third-order valence-corrected chi connectivity index (χ3v) is 2.34. The lowest BCUT2D eigenvalue weighted by Gasteiger charge is -2.08. The molecule has 0 saturated heterocycles. The van der Waals surface area contributed by atoms with Gasteiger partial charge in [-0.05, 0) is 12.1 Å². The average molecular weight is 281 g/mol. The van der Waals surface area contributed by atoms with E-state index in [2.05, 4.69) is 5.32 Å². The van der Waals surface area contributed by atoms with Crippen LogP contribution in [-0.2, 0) is 9.59 Å². The van der Waals surface area contributed by atoms with E-state index in [1.165, 1.54) is 12.1 Å². The van der Waals surface area contributed by atoms with Crippen LogP contribution in [0.5, 0.6) is 0 Å². The maximum absolute atomic E-state index is 11.2. The SMILES string of the molecule is NC(=O)[CH]C(=O)Nc1c(Cl)cc(Cl)cc1Cl.